The second kappa shape index (κ2) is 6.60. The van der Waals surface area contributed by atoms with Crippen molar-refractivity contribution in [2.75, 3.05) is 0 Å². The molecule has 2 aliphatic carbocycles. The van der Waals surface area contributed by atoms with Gasteiger partial charge >= 0.3 is 0 Å². The zero-order valence-electron chi connectivity index (χ0n) is 13.5. The molecule has 1 heterocycles. The molecule has 0 saturated carbocycles. The third-order valence-corrected chi connectivity index (χ3v) is 6.15. The number of thioether (sulfide) groups is 1. The smallest absolute Gasteiger partial charge is 0.163 e. The van der Waals surface area contributed by atoms with Gasteiger partial charge in [-0.2, -0.15) is 0 Å². The maximum absolute atomic E-state index is 12.5. The van der Waals surface area contributed by atoms with E-state index in [1.165, 1.54) is 5.56 Å². The Morgan fingerprint density at radius 1 is 0.875 bits per heavy atom. The van der Waals surface area contributed by atoms with Crippen molar-refractivity contribution in [3.05, 3.63) is 58.6 Å². The minimum Gasteiger partial charge on any atom is -0.465 e. The zero-order chi connectivity index (χ0) is 16.5. The highest BCUT2D eigenvalue weighted by molar-refractivity contribution is 7.99. The first-order valence-corrected chi connectivity index (χ1v) is 9.65. The Morgan fingerprint density at radius 2 is 1.46 bits per heavy atom. The highest BCUT2D eigenvalue weighted by Crippen LogP contribution is 2.45. The fourth-order valence-corrected chi connectivity index (χ4v) is 5.09. The van der Waals surface area contributed by atoms with Gasteiger partial charge in [-0.25, -0.2) is 0 Å². The van der Waals surface area contributed by atoms with E-state index in [9.17, 15) is 9.59 Å². The second-order valence-electron chi connectivity index (χ2n) is 6.51. The quantitative estimate of drug-likeness (QED) is 0.821. The molecular formula is C20H20O3S. The maximum atomic E-state index is 12.5. The standard InChI is InChI=1S/C20H20O3S/c21-14-8-4-10-16-18(14)20(24-12-13-6-2-1-3-7-13)19-15(22)9-5-11-17(19)23-16/h1-3,6-7,20H,4-5,8-12H2. The summed E-state index contributed by atoms with van der Waals surface area (Å²) in [7, 11) is 0. The van der Waals surface area contributed by atoms with Crippen LogP contribution in [0.3, 0.4) is 0 Å². The molecule has 24 heavy (non-hydrogen) atoms. The highest BCUT2D eigenvalue weighted by Gasteiger charge is 2.41. The van der Waals surface area contributed by atoms with Crippen LogP contribution >= 0.6 is 11.8 Å². The molecule has 1 aliphatic heterocycles. The lowest BCUT2D eigenvalue weighted by Gasteiger charge is -2.35. The molecule has 0 N–H and O–H groups in total. The summed E-state index contributed by atoms with van der Waals surface area (Å²) in [5.74, 6) is 2.76. The number of ketones is 2. The molecule has 0 bridgehead atoms. The summed E-state index contributed by atoms with van der Waals surface area (Å²) in [5.41, 5.74) is 2.73. The summed E-state index contributed by atoms with van der Waals surface area (Å²) in [6.45, 7) is 0. The summed E-state index contributed by atoms with van der Waals surface area (Å²) in [4.78, 5) is 25.1. The Morgan fingerprint density at radius 3 is 2.04 bits per heavy atom. The van der Waals surface area contributed by atoms with Gasteiger partial charge in [0.25, 0.3) is 0 Å². The largest absolute Gasteiger partial charge is 0.465 e. The molecule has 1 aromatic carbocycles. The van der Waals surface area contributed by atoms with Gasteiger partial charge in [-0.05, 0) is 18.4 Å². The van der Waals surface area contributed by atoms with Gasteiger partial charge in [-0.3, -0.25) is 9.59 Å². The average molecular weight is 340 g/mol. The van der Waals surface area contributed by atoms with Crippen molar-refractivity contribution in [1.29, 1.82) is 0 Å². The Balaban J connectivity index is 1.68. The number of Topliss-reactive ketones (excluding diaryl/α,β-unsaturated/α-hetero) is 2. The van der Waals surface area contributed by atoms with Gasteiger partial charge in [-0.15, -0.1) is 11.8 Å². The van der Waals surface area contributed by atoms with Crippen LogP contribution in [0.5, 0.6) is 0 Å². The zero-order valence-corrected chi connectivity index (χ0v) is 14.4. The van der Waals surface area contributed by atoms with E-state index in [4.69, 9.17) is 4.74 Å². The van der Waals surface area contributed by atoms with Gasteiger partial charge in [0, 0.05) is 31.4 Å². The van der Waals surface area contributed by atoms with E-state index in [0.29, 0.717) is 12.8 Å². The fourth-order valence-electron chi connectivity index (χ4n) is 3.68. The second-order valence-corrected chi connectivity index (χ2v) is 7.60. The van der Waals surface area contributed by atoms with Gasteiger partial charge in [0.2, 0.25) is 0 Å². The van der Waals surface area contributed by atoms with Crippen LogP contribution in [0, 0.1) is 0 Å². The molecule has 4 rings (SSSR count). The van der Waals surface area contributed by atoms with E-state index in [1.54, 1.807) is 11.8 Å². The average Bonchev–Trinajstić information content (AvgIpc) is 2.60. The summed E-state index contributed by atoms with van der Waals surface area (Å²) in [6.07, 6.45) is 4.47. The minimum atomic E-state index is -0.149. The van der Waals surface area contributed by atoms with Gasteiger partial charge in [0.05, 0.1) is 16.4 Å². The first-order chi connectivity index (χ1) is 11.7. The van der Waals surface area contributed by atoms with E-state index in [-0.39, 0.29) is 16.8 Å². The molecule has 3 aliphatic rings. The lowest BCUT2D eigenvalue weighted by atomic mass is 9.83. The molecule has 0 atom stereocenters. The monoisotopic (exact) mass is 340 g/mol. The lowest BCUT2D eigenvalue weighted by Crippen LogP contribution is -2.33. The van der Waals surface area contributed by atoms with E-state index in [2.05, 4.69) is 12.1 Å². The van der Waals surface area contributed by atoms with Gasteiger partial charge < -0.3 is 4.74 Å². The van der Waals surface area contributed by atoms with Crippen LogP contribution in [0.15, 0.2) is 53.0 Å². The van der Waals surface area contributed by atoms with Crippen molar-refractivity contribution in [3.8, 4) is 0 Å². The molecule has 124 valence electrons. The SMILES string of the molecule is O=C1CCCC2=C1C(SCc1ccccc1)C1=C(CCCC1=O)O2. The van der Waals surface area contributed by atoms with Crippen molar-refractivity contribution in [2.45, 2.75) is 49.5 Å². The fraction of sp³-hybridized carbons (Fsp3) is 0.400. The first-order valence-electron chi connectivity index (χ1n) is 8.60. The molecular weight excluding hydrogens is 320 g/mol. The number of ether oxygens (including phenoxy) is 1. The van der Waals surface area contributed by atoms with Gasteiger partial charge in [0.1, 0.15) is 11.5 Å². The number of hydrogen-bond donors (Lipinski definition) is 0. The Hall–Kier alpha value is -1.81. The van der Waals surface area contributed by atoms with E-state index >= 15 is 0 Å². The van der Waals surface area contributed by atoms with Crippen molar-refractivity contribution >= 4 is 23.3 Å². The predicted octanol–water partition coefficient (Wildman–Crippen LogP) is 4.33. The highest BCUT2D eigenvalue weighted by atomic mass is 32.2. The molecule has 4 heteroatoms. The third kappa shape index (κ3) is 2.84. The van der Waals surface area contributed by atoms with Gasteiger partial charge in [-0.1, -0.05) is 30.3 Å². The Bertz CT molecular complexity index is 703. The molecule has 0 radical (unpaired) electrons. The molecule has 0 saturated heterocycles. The number of rotatable bonds is 3. The van der Waals surface area contributed by atoms with Crippen LogP contribution in [0.1, 0.15) is 44.1 Å². The van der Waals surface area contributed by atoms with E-state index in [1.807, 2.05) is 18.2 Å². The number of allylic oxidation sites excluding steroid dienone is 2. The minimum absolute atomic E-state index is 0.149. The van der Waals surface area contributed by atoms with Crippen LogP contribution in [0.4, 0.5) is 0 Å². The number of hydrogen-bond acceptors (Lipinski definition) is 4. The first kappa shape index (κ1) is 15.7. The van der Waals surface area contributed by atoms with Crippen LogP contribution in [0.25, 0.3) is 0 Å². The van der Waals surface area contributed by atoms with Crippen molar-refractivity contribution in [1.82, 2.24) is 0 Å². The summed E-state index contributed by atoms with van der Waals surface area (Å²) in [5, 5.41) is -0.149. The van der Waals surface area contributed by atoms with Crippen molar-refractivity contribution in [2.24, 2.45) is 0 Å². The molecule has 3 nitrogen and oxygen atoms in total. The van der Waals surface area contributed by atoms with Crippen LogP contribution in [0.2, 0.25) is 0 Å². The summed E-state index contributed by atoms with van der Waals surface area (Å²) in [6, 6.07) is 10.2. The Kier molecular flexibility index (Phi) is 4.31. The molecule has 0 spiro atoms. The topological polar surface area (TPSA) is 43.4 Å². The molecule has 0 unspecified atom stereocenters. The predicted molar refractivity (Wildman–Crippen MR) is 94.4 cm³/mol. The third-order valence-electron chi connectivity index (χ3n) is 4.85. The van der Waals surface area contributed by atoms with Crippen LogP contribution < -0.4 is 0 Å². The maximum Gasteiger partial charge on any atom is 0.163 e. The molecule has 0 aromatic heterocycles. The lowest BCUT2D eigenvalue weighted by molar-refractivity contribution is -0.117. The van der Waals surface area contributed by atoms with E-state index < -0.39 is 0 Å². The van der Waals surface area contributed by atoms with Crippen LogP contribution in [-0.2, 0) is 20.1 Å². The number of carbonyl (C=O) groups excluding carboxylic acids is 2. The van der Waals surface area contributed by atoms with E-state index in [0.717, 1.165) is 54.1 Å². The van der Waals surface area contributed by atoms with Crippen molar-refractivity contribution in [3.63, 3.8) is 0 Å². The Labute approximate surface area is 146 Å². The van der Waals surface area contributed by atoms with Crippen LogP contribution in [-0.4, -0.2) is 16.8 Å². The molecule has 0 amide bonds. The summed E-state index contributed by atoms with van der Waals surface area (Å²) >= 11 is 1.69. The molecule has 0 fully saturated rings. The van der Waals surface area contributed by atoms with Gasteiger partial charge in [0.15, 0.2) is 11.6 Å². The van der Waals surface area contributed by atoms with Crippen molar-refractivity contribution < 1.29 is 14.3 Å². The molecule has 1 aromatic rings. The number of benzene rings is 1. The number of carbonyl (C=O) groups is 2. The summed E-state index contributed by atoms with van der Waals surface area (Å²) < 4.78 is 6.02. The normalized spacial score (nSPS) is 21.5.